The summed E-state index contributed by atoms with van der Waals surface area (Å²) in [5.74, 6) is 0.294. The Hall–Kier alpha value is -4.20. The number of benzene rings is 2. The first-order chi connectivity index (χ1) is 19.1. The third kappa shape index (κ3) is 5.24. The molecule has 0 radical (unpaired) electrons. The Morgan fingerprint density at radius 2 is 1.79 bits per heavy atom. The molecule has 200 valence electrons. The highest BCUT2D eigenvalue weighted by Crippen LogP contribution is 2.31. The van der Waals surface area contributed by atoms with Crippen molar-refractivity contribution < 1.29 is 9.59 Å². The van der Waals surface area contributed by atoms with Crippen molar-refractivity contribution in [3.8, 4) is 0 Å². The molecule has 1 fully saturated rings. The third-order valence-electron chi connectivity index (χ3n) is 8.04. The average molecular weight is 523 g/mol. The van der Waals surface area contributed by atoms with E-state index >= 15 is 0 Å². The van der Waals surface area contributed by atoms with Crippen molar-refractivity contribution in [3.05, 3.63) is 89.9 Å². The number of aryl methyl sites for hydroxylation is 1. The Morgan fingerprint density at radius 1 is 0.923 bits per heavy atom. The molecule has 2 aliphatic heterocycles. The van der Waals surface area contributed by atoms with Crippen LogP contribution in [-0.4, -0.2) is 68.4 Å². The van der Waals surface area contributed by atoms with Gasteiger partial charge in [0.25, 0.3) is 0 Å². The summed E-state index contributed by atoms with van der Waals surface area (Å²) in [7, 11) is 0. The number of nitrogens with zero attached hydrogens (tertiary/aromatic N) is 6. The molecule has 0 unspecified atom stereocenters. The highest BCUT2D eigenvalue weighted by Gasteiger charge is 2.31. The maximum absolute atomic E-state index is 13.3. The summed E-state index contributed by atoms with van der Waals surface area (Å²) in [6, 6.07) is 20.5. The molecule has 2 amide bonds. The fraction of sp³-hybridized carbons (Fsp3) is 0.355. The van der Waals surface area contributed by atoms with E-state index < -0.39 is 0 Å². The molecule has 1 atom stereocenters. The molecule has 6 rings (SSSR count). The van der Waals surface area contributed by atoms with E-state index in [-0.39, 0.29) is 24.4 Å². The topological polar surface area (TPSA) is 74.6 Å². The van der Waals surface area contributed by atoms with E-state index in [4.69, 9.17) is 0 Å². The molecule has 2 aromatic heterocycles. The van der Waals surface area contributed by atoms with Gasteiger partial charge in [0, 0.05) is 57.1 Å². The van der Waals surface area contributed by atoms with Crippen LogP contribution in [0.4, 0.5) is 5.69 Å². The van der Waals surface area contributed by atoms with Crippen LogP contribution >= 0.6 is 0 Å². The number of anilines is 1. The van der Waals surface area contributed by atoms with E-state index in [1.807, 2.05) is 44.7 Å². The average Bonchev–Trinajstić information content (AvgIpc) is 3.38. The molecular weight excluding hydrogens is 488 g/mol. The number of aromatic nitrogens is 3. The molecule has 0 bridgehead atoms. The number of hydrogen-bond acceptors (Lipinski definition) is 5. The molecule has 0 saturated carbocycles. The van der Waals surface area contributed by atoms with Gasteiger partial charge in [0.05, 0.1) is 6.33 Å². The Labute approximate surface area is 228 Å². The molecule has 4 heterocycles. The normalized spacial score (nSPS) is 17.4. The van der Waals surface area contributed by atoms with Gasteiger partial charge in [-0.25, -0.2) is 9.97 Å². The summed E-state index contributed by atoms with van der Waals surface area (Å²) in [5.41, 5.74) is 6.49. The lowest BCUT2D eigenvalue weighted by molar-refractivity contribution is -0.134. The first-order valence-corrected chi connectivity index (χ1v) is 13.8. The summed E-state index contributed by atoms with van der Waals surface area (Å²) in [5, 5.41) is 0. The summed E-state index contributed by atoms with van der Waals surface area (Å²) in [6.07, 6.45) is 5.59. The van der Waals surface area contributed by atoms with Gasteiger partial charge in [-0.1, -0.05) is 42.5 Å². The van der Waals surface area contributed by atoms with Crippen molar-refractivity contribution in [2.45, 2.75) is 45.3 Å². The Kier molecular flexibility index (Phi) is 7.00. The molecule has 8 nitrogen and oxygen atoms in total. The first kappa shape index (κ1) is 25.1. The van der Waals surface area contributed by atoms with Crippen LogP contribution < -0.4 is 4.90 Å². The van der Waals surface area contributed by atoms with Gasteiger partial charge in [-0.15, -0.1) is 0 Å². The third-order valence-corrected chi connectivity index (χ3v) is 8.04. The van der Waals surface area contributed by atoms with Crippen LogP contribution in [0.2, 0.25) is 0 Å². The number of imidazole rings is 1. The van der Waals surface area contributed by atoms with Gasteiger partial charge in [-0.3, -0.25) is 9.59 Å². The minimum Gasteiger partial charge on any atom is -0.367 e. The largest absolute Gasteiger partial charge is 0.367 e. The zero-order chi connectivity index (χ0) is 26.8. The van der Waals surface area contributed by atoms with Crippen LogP contribution in [0.25, 0.3) is 11.2 Å². The second-order valence-electron chi connectivity index (χ2n) is 10.6. The maximum atomic E-state index is 13.3. The van der Waals surface area contributed by atoms with Crippen LogP contribution in [-0.2, 0) is 35.5 Å². The molecule has 4 aromatic rings. The highest BCUT2D eigenvalue weighted by molar-refractivity contribution is 5.80. The molecular formula is C31H34N6O2. The van der Waals surface area contributed by atoms with Crippen molar-refractivity contribution in [3.63, 3.8) is 0 Å². The minimum absolute atomic E-state index is 0.0667. The number of rotatable bonds is 6. The maximum Gasteiger partial charge on any atom is 0.242 e. The van der Waals surface area contributed by atoms with E-state index in [9.17, 15) is 9.59 Å². The minimum atomic E-state index is 0.0667. The number of carbonyl (C=O) groups excluding carboxylic acids is 2. The van der Waals surface area contributed by atoms with E-state index in [0.29, 0.717) is 19.5 Å². The van der Waals surface area contributed by atoms with Crippen LogP contribution in [0.15, 0.2) is 73.2 Å². The van der Waals surface area contributed by atoms with Crippen molar-refractivity contribution in [2.75, 3.05) is 31.1 Å². The number of hydrogen-bond donors (Lipinski definition) is 0. The molecule has 2 aromatic carbocycles. The van der Waals surface area contributed by atoms with E-state index in [1.165, 1.54) is 22.4 Å². The molecule has 2 aliphatic rings. The Bertz CT molecular complexity index is 1480. The fourth-order valence-electron chi connectivity index (χ4n) is 5.92. The van der Waals surface area contributed by atoms with Gasteiger partial charge < -0.3 is 19.3 Å². The fourth-order valence-corrected chi connectivity index (χ4v) is 5.92. The van der Waals surface area contributed by atoms with Crippen LogP contribution in [0.5, 0.6) is 0 Å². The van der Waals surface area contributed by atoms with Gasteiger partial charge in [-0.2, -0.15) is 0 Å². The van der Waals surface area contributed by atoms with Gasteiger partial charge in [0.1, 0.15) is 12.1 Å². The number of piperazine rings is 1. The van der Waals surface area contributed by atoms with Gasteiger partial charge >= 0.3 is 0 Å². The molecule has 1 saturated heterocycles. The van der Waals surface area contributed by atoms with Crippen molar-refractivity contribution in [1.82, 2.24) is 24.3 Å². The first-order valence-electron chi connectivity index (χ1n) is 13.8. The molecule has 8 heteroatoms. The molecule has 0 spiro atoms. The van der Waals surface area contributed by atoms with Gasteiger partial charge in [0.15, 0.2) is 5.65 Å². The summed E-state index contributed by atoms with van der Waals surface area (Å²) >= 11 is 0. The molecule has 0 N–H and O–H groups in total. The Balaban J connectivity index is 1.11. The lowest BCUT2D eigenvalue weighted by Crippen LogP contribution is -2.55. The number of pyridine rings is 1. The second kappa shape index (κ2) is 10.9. The smallest absolute Gasteiger partial charge is 0.242 e. The zero-order valence-electron chi connectivity index (χ0n) is 22.4. The molecule has 0 aliphatic carbocycles. The second-order valence-corrected chi connectivity index (χ2v) is 10.6. The monoisotopic (exact) mass is 522 g/mol. The Morgan fingerprint density at radius 3 is 2.64 bits per heavy atom. The lowest BCUT2D eigenvalue weighted by Gasteiger charge is -2.42. The number of fused-ring (bicyclic) bond motifs is 2. The van der Waals surface area contributed by atoms with E-state index in [0.717, 1.165) is 43.6 Å². The predicted molar refractivity (Wildman–Crippen MR) is 151 cm³/mol. The lowest BCUT2D eigenvalue weighted by atomic mass is 9.96. The number of amides is 2. The van der Waals surface area contributed by atoms with Crippen molar-refractivity contribution in [1.29, 1.82) is 0 Å². The van der Waals surface area contributed by atoms with Crippen LogP contribution in [0, 0.1) is 0 Å². The van der Waals surface area contributed by atoms with Gasteiger partial charge in [-0.05, 0) is 54.7 Å². The predicted octanol–water partition coefficient (Wildman–Crippen LogP) is 3.69. The zero-order valence-corrected chi connectivity index (χ0v) is 22.4. The summed E-state index contributed by atoms with van der Waals surface area (Å²) < 4.78 is 1.83. The molecule has 39 heavy (non-hydrogen) atoms. The van der Waals surface area contributed by atoms with Crippen LogP contribution in [0.3, 0.4) is 0 Å². The standard InChI is InChI=1S/C31H34N6O2/c1-23-19-34(17-18-37(23)30(39)21-36-22-33-27-10-6-15-32-31(27)36)28-11-5-9-25-14-16-35(20-26(25)28)29(38)13-12-24-7-3-2-4-8-24/h2-11,15,22-23H,12-14,16-21H2,1H3/t23-/m1/s1. The van der Waals surface area contributed by atoms with Crippen molar-refractivity contribution in [2.24, 2.45) is 0 Å². The van der Waals surface area contributed by atoms with E-state index in [1.54, 1.807) is 12.5 Å². The quantitative estimate of drug-likeness (QED) is 0.386. The summed E-state index contributed by atoms with van der Waals surface area (Å²) in [6.45, 7) is 5.93. The number of carbonyl (C=O) groups is 2. The summed E-state index contributed by atoms with van der Waals surface area (Å²) in [4.78, 5) is 41.5. The van der Waals surface area contributed by atoms with E-state index in [2.05, 4.69) is 52.1 Å². The van der Waals surface area contributed by atoms with Gasteiger partial charge in [0.2, 0.25) is 11.8 Å². The van der Waals surface area contributed by atoms with Crippen LogP contribution in [0.1, 0.15) is 30.0 Å². The SMILES string of the molecule is C[C@@H]1CN(c2cccc3c2CN(C(=O)CCc2ccccc2)CC3)CCN1C(=O)Cn1cnc2cccnc21. The highest BCUT2D eigenvalue weighted by atomic mass is 16.2. The van der Waals surface area contributed by atoms with Crippen molar-refractivity contribution >= 4 is 28.7 Å².